The van der Waals surface area contributed by atoms with Gasteiger partial charge in [0, 0.05) is 13.5 Å². The minimum absolute atomic E-state index is 0.191. The maximum atomic E-state index is 13.7. The molecule has 0 radical (unpaired) electrons. The van der Waals surface area contributed by atoms with E-state index in [0.29, 0.717) is 23.2 Å². The molecule has 0 saturated carbocycles. The first kappa shape index (κ1) is 32.6. The van der Waals surface area contributed by atoms with Crippen LogP contribution in [0.3, 0.4) is 0 Å². The van der Waals surface area contributed by atoms with Gasteiger partial charge in [-0.25, -0.2) is 0 Å². The van der Waals surface area contributed by atoms with Crippen LogP contribution in [0.2, 0.25) is 15.1 Å². The predicted molar refractivity (Wildman–Crippen MR) is 126 cm³/mol. The van der Waals surface area contributed by atoms with Crippen molar-refractivity contribution < 1.29 is 49.1 Å². The average molecular weight is 630 g/mol. The number of allylic oxidation sites excluding steroid dienone is 1. The first-order chi connectivity index (χ1) is 17.7. The normalized spacial score (nSPS) is 13.5. The Kier molecular flexibility index (Phi) is 10.2. The van der Waals surface area contributed by atoms with Gasteiger partial charge in [-0.1, -0.05) is 53.0 Å². The summed E-state index contributed by atoms with van der Waals surface area (Å²) in [5.41, 5.74) is -1.68. The Morgan fingerprint density at radius 3 is 2.00 bits per heavy atom. The van der Waals surface area contributed by atoms with E-state index in [0.717, 1.165) is 31.3 Å². The lowest BCUT2D eigenvalue weighted by Gasteiger charge is -2.21. The molecule has 1 atom stereocenters. The zero-order chi connectivity index (χ0) is 29.9. The van der Waals surface area contributed by atoms with Crippen LogP contribution in [0.5, 0.6) is 0 Å². The number of alkyl halides is 9. The Bertz CT molecular complexity index is 1240. The molecule has 39 heavy (non-hydrogen) atoms. The van der Waals surface area contributed by atoms with Crippen LogP contribution >= 0.6 is 34.8 Å². The van der Waals surface area contributed by atoms with E-state index in [1.165, 1.54) is 0 Å². The molecule has 1 unspecified atom stereocenters. The molecular formula is C23H16Cl3F9N2O2. The summed E-state index contributed by atoms with van der Waals surface area (Å²) in [4.78, 5) is 24.1. The molecule has 0 bridgehead atoms. The number of nitrogens with zero attached hydrogens (tertiary/aromatic N) is 1. The number of carbonyl (C=O) groups excluding carboxylic acids is 2. The minimum atomic E-state index is -5.17. The molecule has 2 amide bonds. The molecule has 0 aliphatic heterocycles. The fourth-order valence-corrected chi connectivity index (χ4v) is 3.77. The van der Waals surface area contributed by atoms with E-state index in [4.69, 9.17) is 34.8 Å². The summed E-state index contributed by atoms with van der Waals surface area (Å²) in [5, 5.41) is -0.446. The van der Waals surface area contributed by atoms with Gasteiger partial charge < -0.3 is 0 Å². The molecule has 2 rings (SSSR count). The molecule has 16 heteroatoms. The van der Waals surface area contributed by atoms with E-state index in [1.807, 2.05) is 0 Å². The van der Waals surface area contributed by atoms with Crippen molar-refractivity contribution in [2.24, 2.45) is 0 Å². The van der Waals surface area contributed by atoms with Crippen LogP contribution in [0, 0.1) is 0 Å². The molecule has 0 aliphatic carbocycles. The van der Waals surface area contributed by atoms with E-state index in [2.05, 4.69) is 0 Å². The molecule has 214 valence electrons. The van der Waals surface area contributed by atoms with Gasteiger partial charge in [-0.15, -0.1) is 0 Å². The lowest BCUT2D eigenvalue weighted by atomic mass is 9.96. The number of benzene rings is 2. The number of halogens is 12. The monoisotopic (exact) mass is 628 g/mol. The molecule has 0 spiro atoms. The van der Waals surface area contributed by atoms with E-state index in [9.17, 15) is 49.1 Å². The van der Waals surface area contributed by atoms with Gasteiger partial charge in [-0.05, 0) is 35.4 Å². The zero-order valence-electron chi connectivity index (χ0n) is 19.3. The third kappa shape index (κ3) is 9.21. The number of hydrogen-bond acceptors (Lipinski definition) is 2. The lowest BCUT2D eigenvalue weighted by Crippen LogP contribution is -2.44. The Morgan fingerprint density at radius 1 is 0.949 bits per heavy atom. The number of hydrazine groups is 1. The molecule has 0 aliphatic rings. The number of nitrogens with one attached hydrogen (secondary N) is 1. The smallest absolute Gasteiger partial charge is 0.273 e. The molecule has 0 aromatic heterocycles. The average Bonchev–Trinajstić information content (AvgIpc) is 2.78. The highest BCUT2D eigenvalue weighted by Crippen LogP contribution is 2.41. The van der Waals surface area contributed by atoms with Gasteiger partial charge in [-0.2, -0.15) is 39.5 Å². The molecular weight excluding hydrogens is 614 g/mol. The van der Waals surface area contributed by atoms with Crippen molar-refractivity contribution in [3.8, 4) is 0 Å². The van der Waals surface area contributed by atoms with Crippen molar-refractivity contribution in [1.29, 1.82) is 0 Å². The number of rotatable bonds is 6. The van der Waals surface area contributed by atoms with Crippen LogP contribution in [-0.2, 0) is 11.0 Å². The number of carbonyl (C=O) groups is 2. The first-order valence-electron chi connectivity index (χ1n) is 10.5. The van der Waals surface area contributed by atoms with Crippen molar-refractivity contribution >= 4 is 52.7 Å². The summed E-state index contributed by atoms with van der Waals surface area (Å²) in [5.74, 6) is -5.06. The highest BCUT2D eigenvalue weighted by atomic mass is 35.5. The third-order valence-electron chi connectivity index (χ3n) is 5.06. The van der Waals surface area contributed by atoms with E-state index >= 15 is 0 Å². The van der Waals surface area contributed by atoms with Gasteiger partial charge in [0.2, 0.25) is 5.91 Å². The molecule has 0 saturated heterocycles. The molecule has 0 heterocycles. The minimum Gasteiger partial charge on any atom is -0.273 e. The standard InChI is InChI=1S/C23H16Cl3F9N2O2/c1-37(18(38)6-7-21(27,28)29)36-20(39)13-4-2-11(8-15(13)23(33,34)35)3-5-14(22(30,31)32)12-9-16(24)19(26)17(25)10-12/h2-5,8-10,14H,6-7H2,1H3,(H,36,39). The van der Waals surface area contributed by atoms with Gasteiger partial charge in [0.05, 0.1) is 38.5 Å². The molecule has 2 aromatic rings. The quantitative estimate of drug-likeness (QED) is 0.198. The Morgan fingerprint density at radius 2 is 1.51 bits per heavy atom. The van der Waals surface area contributed by atoms with Crippen LogP contribution < -0.4 is 5.43 Å². The summed E-state index contributed by atoms with van der Waals surface area (Å²) >= 11 is 17.3. The number of amides is 2. The van der Waals surface area contributed by atoms with Crippen molar-refractivity contribution in [3.05, 3.63) is 73.7 Å². The second-order valence-corrected chi connectivity index (χ2v) is 9.18. The molecule has 4 nitrogen and oxygen atoms in total. The fourth-order valence-electron chi connectivity index (χ4n) is 3.16. The second kappa shape index (κ2) is 12.3. The highest BCUT2D eigenvalue weighted by molar-refractivity contribution is 6.48. The Balaban J connectivity index is 2.37. The van der Waals surface area contributed by atoms with E-state index < -0.39 is 65.8 Å². The summed E-state index contributed by atoms with van der Waals surface area (Å²) in [6, 6.07) is 3.75. The summed E-state index contributed by atoms with van der Waals surface area (Å²) in [6.07, 6.45) is -16.1. The third-order valence-corrected chi connectivity index (χ3v) is 6.26. The Hall–Kier alpha value is -2.64. The van der Waals surface area contributed by atoms with E-state index in [1.54, 1.807) is 5.43 Å². The van der Waals surface area contributed by atoms with Gasteiger partial charge in [-0.3, -0.25) is 20.0 Å². The largest absolute Gasteiger partial charge is 0.417 e. The van der Waals surface area contributed by atoms with Crippen LogP contribution in [0.1, 0.15) is 45.8 Å². The van der Waals surface area contributed by atoms with Crippen LogP contribution in [-0.4, -0.2) is 36.2 Å². The predicted octanol–water partition coefficient (Wildman–Crippen LogP) is 8.47. The lowest BCUT2D eigenvalue weighted by molar-refractivity contribution is -0.149. The SMILES string of the molecule is CN(NC(=O)c1ccc(C=CC(c2cc(Cl)c(Cl)c(Cl)c2)C(F)(F)F)cc1C(F)(F)F)C(=O)CCC(F)(F)F. The van der Waals surface area contributed by atoms with Gasteiger partial charge >= 0.3 is 18.5 Å². The first-order valence-corrected chi connectivity index (χ1v) is 11.6. The van der Waals surface area contributed by atoms with Gasteiger partial charge in [0.15, 0.2) is 0 Å². The van der Waals surface area contributed by atoms with Crippen molar-refractivity contribution in [3.63, 3.8) is 0 Å². The van der Waals surface area contributed by atoms with E-state index in [-0.39, 0.29) is 20.6 Å². The van der Waals surface area contributed by atoms with Crippen LogP contribution in [0.4, 0.5) is 39.5 Å². The fraction of sp³-hybridized carbons (Fsp3) is 0.304. The van der Waals surface area contributed by atoms with Gasteiger partial charge in [0.1, 0.15) is 0 Å². The summed E-state index contributed by atoms with van der Waals surface area (Å²) < 4.78 is 119. The second-order valence-electron chi connectivity index (χ2n) is 7.99. The molecule has 2 aromatic carbocycles. The highest BCUT2D eigenvalue weighted by Gasteiger charge is 2.40. The summed E-state index contributed by atoms with van der Waals surface area (Å²) in [6.45, 7) is 0. The van der Waals surface area contributed by atoms with Crippen molar-refractivity contribution in [2.75, 3.05) is 7.05 Å². The molecule has 1 N–H and O–H groups in total. The zero-order valence-corrected chi connectivity index (χ0v) is 21.6. The van der Waals surface area contributed by atoms with Crippen LogP contribution in [0.25, 0.3) is 6.08 Å². The maximum absolute atomic E-state index is 13.7. The van der Waals surface area contributed by atoms with Crippen molar-refractivity contribution in [2.45, 2.75) is 37.3 Å². The van der Waals surface area contributed by atoms with Crippen molar-refractivity contribution in [1.82, 2.24) is 10.4 Å². The van der Waals surface area contributed by atoms with Gasteiger partial charge in [0.25, 0.3) is 5.91 Å². The Labute approximate surface area is 230 Å². The number of hydrogen-bond donors (Lipinski definition) is 1. The maximum Gasteiger partial charge on any atom is 0.417 e. The summed E-state index contributed by atoms with van der Waals surface area (Å²) in [7, 11) is 0.841. The topological polar surface area (TPSA) is 49.4 Å². The van der Waals surface area contributed by atoms with Crippen LogP contribution in [0.15, 0.2) is 36.4 Å². The molecule has 0 fully saturated rings.